The first kappa shape index (κ1) is 13.3. The van der Waals surface area contributed by atoms with Gasteiger partial charge < -0.3 is 5.11 Å². The van der Waals surface area contributed by atoms with Crippen LogP contribution in [-0.2, 0) is 0 Å². The lowest BCUT2D eigenvalue weighted by Gasteiger charge is -1.98. The van der Waals surface area contributed by atoms with Gasteiger partial charge in [-0.3, -0.25) is 14.9 Å². The Morgan fingerprint density at radius 2 is 1.91 bits per heavy atom. The zero-order chi connectivity index (χ0) is 15.8. The fraction of sp³-hybridized carbons (Fsp3) is 0. The van der Waals surface area contributed by atoms with Crippen molar-refractivity contribution in [3.63, 3.8) is 0 Å². The molecule has 0 amide bonds. The fourth-order valence-corrected chi connectivity index (χ4v) is 2.42. The Morgan fingerprint density at radius 1 is 1.13 bits per heavy atom. The van der Waals surface area contributed by atoms with E-state index in [2.05, 4.69) is 15.1 Å². The smallest absolute Gasteiger partial charge is 0.280 e. The SMILES string of the molecule is O=c1c2ccccc2nc2c(C=Nc3ccc(O)cc3)c[nH]n12. The lowest BCUT2D eigenvalue weighted by atomic mass is 10.2. The van der Waals surface area contributed by atoms with Gasteiger partial charge in [0.15, 0.2) is 5.65 Å². The van der Waals surface area contributed by atoms with Crippen LogP contribution in [0.4, 0.5) is 5.69 Å². The van der Waals surface area contributed by atoms with Crippen LogP contribution >= 0.6 is 0 Å². The van der Waals surface area contributed by atoms with E-state index in [0.29, 0.717) is 27.8 Å². The zero-order valence-electron chi connectivity index (χ0n) is 12.0. The number of hydrogen-bond acceptors (Lipinski definition) is 4. The molecule has 4 aromatic rings. The van der Waals surface area contributed by atoms with Crippen molar-refractivity contribution in [1.82, 2.24) is 14.6 Å². The molecule has 0 spiro atoms. The monoisotopic (exact) mass is 304 g/mol. The second-order valence-electron chi connectivity index (χ2n) is 5.10. The maximum atomic E-state index is 12.4. The summed E-state index contributed by atoms with van der Waals surface area (Å²) in [5, 5.41) is 12.7. The molecule has 112 valence electrons. The third kappa shape index (κ3) is 2.26. The summed E-state index contributed by atoms with van der Waals surface area (Å²) in [5.41, 5.74) is 2.44. The number of nitrogens with one attached hydrogen (secondary N) is 1. The van der Waals surface area contributed by atoms with E-state index >= 15 is 0 Å². The molecule has 2 N–H and O–H groups in total. The first-order valence-electron chi connectivity index (χ1n) is 7.04. The Bertz CT molecular complexity index is 1090. The molecule has 0 saturated heterocycles. The van der Waals surface area contributed by atoms with E-state index < -0.39 is 0 Å². The van der Waals surface area contributed by atoms with E-state index in [0.717, 1.165) is 0 Å². The van der Waals surface area contributed by atoms with Gasteiger partial charge in [0.25, 0.3) is 5.56 Å². The average Bonchev–Trinajstić information content (AvgIpc) is 2.98. The highest BCUT2D eigenvalue weighted by molar-refractivity contribution is 5.91. The van der Waals surface area contributed by atoms with Crippen molar-refractivity contribution in [2.24, 2.45) is 4.99 Å². The first-order chi connectivity index (χ1) is 11.2. The number of hydrogen-bond donors (Lipinski definition) is 2. The normalized spacial score (nSPS) is 11.7. The Morgan fingerprint density at radius 3 is 2.74 bits per heavy atom. The molecular formula is C17H12N4O2. The van der Waals surface area contributed by atoms with Gasteiger partial charge >= 0.3 is 0 Å². The Labute approximate surface area is 130 Å². The zero-order valence-corrected chi connectivity index (χ0v) is 12.0. The maximum absolute atomic E-state index is 12.4. The second kappa shape index (κ2) is 5.10. The summed E-state index contributed by atoms with van der Waals surface area (Å²) in [6.07, 6.45) is 3.33. The molecule has 0 aliphatic rings. The number of rotatable bonds is 2. The molecule has 0 bridgehead atoms. The maximum Gasteiger partial charge on any atom is 0.280 e. The number of aromatic nitrogens is 3. The number of fused-ring (bicyclic) bond motifs is 2. The lowest BCUT2D eigenvalue weighted by Crippen LogP contribution is -2.15. The number of aliphatic imine (C=N–C) groups is 1. The minimum atomic E-state index is -0.144. The van der Waals surface area contributed by atoms with Gasteiger partial charge in [-0.1, -0.05) is 12.1 Å². The van der Waals surface area contributed by atoms with E-state index in [4.69, 9.17) is 0 Å². The number of para-hydroxylation sites is 1. The number of nitrogens with zero attached hydrogens (tertiary/aromatic N) is 3. The number of benzene rings is 2. The third-order valence-corrected chi connectivity index (χ3v) is 3.59. The Hall–Kier alpha value is -3.41. The van der Waals surface area contributed by atoms with Crippen LogP contribution in [0.1, 0.15) is 5.56 Å². The van der Waals surface area contributed by atoms with Gasteiger partial charge in [-0.2, -0.15) is 0 Å². The van der Waals surface area contributed by atoms with Crippen LogP contribution in [0.5, 0.6) is 5.75 Å². The average molecular weight is 304 g/mol. The molecule has 0 saturated carbocycles. The molecule has 23 heavy (non-hydrogen) atoms. The van der Waals surface area contributed by atoms with E-state index in [-0.39, 0.29) is 11.3 Å². The molecule has 2 aromatic heterocycles. The van der Waals surface area contributed by atoms with Gasteiger partial charge in [0.1, 0.15) is 5.75 Å². The minimum Gasteiger partial charge on any atom is -0.508 e. The van der Waals surface area contributed by atoms with Gasteiger partial charge in [-0.25, -0.2) is 9.50 Å². The molecule has 6 nitrogen and oxygen atoms in total. The number of phenols is 1. The summed E-state index contributed by atoms with van der Waals surface area (Å²) in [7, 11) is 0. The highest BCUT2D eigenvalue weighted by Gasteiger charge is 2.09. The van der Waals surface area contributed by atoms with Gasteiger partial charge in [0, 0.05) is 12.4 Å². The van der Waals surface area contributed by atoms with Gasteiger partial charge in [-0.05, 0) is 36.4 Å². The first-order valence-corrected chi connectivity index (χ1v) is 7.04. The number of aromatic amines is 1. The van der Waals surface area contributed by atoms with Crippen molar-refractivity contribution in [2.45, 2.75) is 0 Å². The molecule has 0 atom stereocenters. The van der Waals surface area contributed by atoms with Crippen LogP contribution in [0.15, 0.2) is 64.5 Å². The molecule has 0 radical (unpaired) electrons. The van der Waals surface area contributed by atoms with E-state index in [9.17, 15) is 9.90 Å². The summed E-state index contributed by atoms with van der Waals surface area (Å²) in [6.45, 7) is 0. The minimum absolute atomic E-state index is 0.144. The van der Waals surface area contributed by atoms with E-state index in [1.165, 1.54) is 4.52 Å². The number of phenolic OH excluding ortho intramolecular Hbond substituents is 1. The molecule has 0 aliphatic carbocycles. The quantitative estimate of drug-likeness (QED) is 0.558. The molecule has 4 rings (SSSR count). The van der Waals surface area contributed by atoms with Crippen LogP contribution in [0.25, 0.3) is 16.6 Å². The predicted molar refractivity (Wildman–Crippen MR) is 88.7 cm³/mol. The van der Waals surface area contributed by atoms with Crippen molar-refractivity contribution in [3.05, 3.63) is 70.6 Å². The van der Waals surface area contributed by atoms with Crippen molar-refractivity contribution in [2.75, 3.05) is 0 Å². The van der Waals surface area contributed by atoms with Crippen molar-refractivity contribution < 1.29 is 5.11 Å². The summed E-state index contributed by atoms with van der Waals surface area (Å²) in [5.74, 6) is 0.190. The molecule has 0 fully saturated rings. The largest absolute Gasteiger partial charge is 0.508 e. The van der Waals surface area contributed by atoms with Crippen molar-refractivity contribution in [1.29, 1.82) is 0 Å². The van der Waals surface area contributed by atoms with Crippen molar-refractivity contribution >= 4 is 28.5 Å². The van der Waals surface area contributed by atoms with Crippen LogP contribution < -0.4 is 5.56 Å². The standard InChI is InChI=1S/C17H12N4O2/c22-13-7-5-12(6-8-13)18-9-11-10-19-21-16(11)20-15-4-2-1-3-14(15)17(21)23/h1-10,19,22H. The summed E-state index contributed by atoms with van der Waals surface area (Å²) in [6, 6.07) is 13.8. The molecule has 2 heterocycles. The summed E-state index contributed by atoms with van der Waals surface area (Å²) >= 11 is 0. The topological polar surface area (TPSA) is 82.8 Å². The highest BCUT2D eigenvalue weighted by atomic mass is 16.3. The van der Waals surface area contributed by atoms with Crippen LogP contribution in [-0.4, -0.2) is 25.9 Å². The third-order valence-electron chi connectivity index (χ3n) is 3.59. The molecule has 0 unspecified atom stereocenters. The van der Waals surface area contributed by atoms with Crippen LogP contribution in [0, 0.1) is 0 Å². The van der Waals surface area contributed by atoms with Crippen molar-refractivity contribution in [3.8, 4) is 5.75 Å². The van der Waals surface area contributed by atoms with Crippen LogP contribution in [0.2, 0.25) is 0 Å². The van der Waals surface area contributed by atoms with Gasteiger partial charge in [0.2, 0.25) is 0 Å². The fourth-order valence-electron chi connectivity index (χ4n) is 2.42. The number of aromatic hydroxyl groups is 1. The lowest BCUT2D eigenvalue weighted by molar-refractivity contribution is 0.475. The van der Waals surface area contributed by atoms with Gasteiger partial charge in [0.05, 0.1) is 22.2 Å². The Balaban J connectivity index is 1.85. The summed E-state index contributed by atoms with van der Waals surface area (Å²) in [4.78, 5) is 21.3. The van der Waals surface area contributed by atoms with E-state index in [1.807, 2.05) is 18.2 Å². The molecular weight excluding hydrogens is 292 g/mol. The van der Waals surface area contributed by atoms with E-state index in [1.54, 1.807) is 42.7 Å². The molecule has 0 aliphatic heterocycles. The molecule has 6 heteroatoms. The van der Waals surface area contributed by atoms with Gasteiger partial charge in [-0.15, -0.1) is 0 Å². The summed E-state index contributed by atoms with van der Waals surface area (Å²) < 4.78 is 1.40. The second-order valence-corrected chi connectivity index (χ2v) is 5.10. The van der Waals surface area contributed by atoms with Crippen LogP contribution in [0.3, 0.4) is 0 Å². The predicted octanol–water partition coefficient (Wildman–Crippen LogP) is 2.63. The Kier molecular flexibility index (Phi) is 2.94. The highest BCUT2D eigenvalue weighted by Crippen LogP contribution is 2.17. The number of H-pyrrole nitrogens is 1. The molecule has 2 aromatic carbocycles.